The summed E-state index contributed by atoms with van der Waals surface area (Å²) in [5, 5.41) is 7.79. The molecule has 1 fully saturated rings. The average molecular weight is 279 g/mol. The molecule has 0 amide bonds. The van der Waals surface area contributed by atoms with Crippen molar-refractivity contribution in [2.24, 2.45) is 5.73 Å². The largest absolute Gasteiger partial charge is 0.370 e. The molecule has 0 radical (unpaired) electrons. The van der Waals surface area contributed by atoms with Crippen LogP contribution in [0.5, 0.6) is 0 Å². The highest BCUT2D eigenvalue weighted by Gasteiger charge is 2.23. The summed E-state index contributed by atoms with van der Waals surface area (Å²) in [4.78, 5) is 4.44. The number of benzene rings is 1. The summed E-state index contributed by atoms with van der Waals surface area (Å²) in [6.07, 6.45) is 2.06. The van der Waals surface area contributed by atoms with Gasteiger partial charge in [0.2, 0.25) is 0 Å². The van der Waals surface area contributed by atoms with Crippen molar-refractivity contribution >= 4 is 11.6 Å². The number of nitrogens with two attached hydrogens (primary N) is 1. The van der Waals surface area contributed by atoms with Crippen LogP contribution in [0.1, 0.15) is 42.2 Å². The van der Waals surface area contributed by atoms with E-state index >= 15 is 0 Å². The summed E-state index contributed by atoms with van der Waals surface area (Å²) in [5.41, 5.74) is 7.08. The molecule has 3 N–H and O–H groups in total. The molecule has 0 bridgehead atoms. The topological polar surface area (TPSA) is 76.8 Å². The molecule has 3 rings (SSSR count). The highest BCUT2D eigenvalue weighted by molar-refractivity contribution is 6.30. The lowest BCUT2D eigenvalue weighted by Gasteiger charge is -2.08. The van der Waals surface area contributed by atoms with Gasteiger partial charge < -0.3 is 10.5 Å². The third kappa shape index (κ3) is 2.63. The molecule has 1 aromatic heterocycles. The molecule has 2 heterocycles. The number of nitrogens with one attached hydrogen (secondary N) is 1. The highest BCUT2D eigenvalue weighted by atomic mass is 35.5. The standard InChI is InChI=1S/C13H15ClN4O/c14-9-5-3-8(4-6-9)11(15)13-16-12(17-18-13)10-2-1-7-19-10/h3-6,10-11H,1-2,7,15H2,(H,16,17,18). The van der Waals surface area contributed by atoms with Gasteiger partial charge in [0, 0.05) is 11.6 Å². The van der Waals surface area contributed by atoms with Crippen molar-refractivity contribution in [3.05, 3.63) is 46.5 Å². The lowest BCUT2D eigenvalue weighted by atomic mass is 10.1. The normalized spacial score (nSPS) is 20.6. The number of hydrogen-bond acceptors (Lipinski definition) is 4. The third-order valence-electron chi connectivity index (χ3n) is 3.26. The molecule has 0 aliphatic carbocycles. The molecule has 5 nitrogen and oxygen atoms in total. The fourth-order valence-corrected chi connectivity index (χ4v) is 2.31. The number of H-pyrrole nitrogens is 1. The van der Waals surface area contributed by atoms with Gasteiger partial charge >= 0.3 is 0 Å². The first-order valence-corrected chi connectivity index (χ1v) is 6.66. The average Bonchev–Trinajstić information content (AvgIpc) is 3.10. The molecule has 0 saturated carbocycles. The summed E-state index contributed by atoms with van der Waals surface area (Å²) in [5.74, 6) is 1.34. The van der Waals surface area contributed by atoms with Crippen molar-refractivity contribution in [3.8, 4) is 0 Å². The SMILES string of the molecule is NC(c1ccc(Cl)cc1)c1n[nH]c(C2CCCO2)n1. The molecule has 1 aliphatic rings. The molecule has 2 aromatic rings. The Kier molecular flexibility index (Phi) is 3.50. The van der Waals surface area contributed by atoms with Gasteiger partial charge in [-0.25, -0.2) is 4.98 Å². The van der Waals surface area contributed by atoms with Gasteiger partial charge in [-0.1, -0.05) is 23.7 Å². The Morgan fingerprint density at radius 3 is 2.84 bits per heavy atom. The van der Waals surface area contributed by atoms with E-state index in [2.05, 4.69) is 15.2 Å². The van der Waals surface area contributed by atoms with E-state index in [0.717, 1.165) is 30.8 Å². The second-order valence-electron chi connectivity index (χ2n) is 4.61. The predicted molar refractivity (Wildman–Crippen MR) is 71.8 cm³/mol. The summed E-state index contributed by atoms with van der Waals surface area (Å²) < 4.78 is 5.56. The van der Waals surface area contributed by atoms with Crippen LogP contribution in [0.4, 0.5) is 0 Å². The lowest BCUT2D eigenvalue weighted by Crippen LogP contribution is -2.13. The monoisotopic (exact) mass is 278 g/mol. The van der Waals surface area contributed by atoms with Crippen LogP contribution < -0.4 is 5.73 Å². The number of ether oxygens (including phenoxy) is 1. The van der Waals surface area contributed by atoms with Crippen molar-refractivity contribution < 1.29 is 4.74 Å². The second kappa shape index (κ2) is 5.28. The Bertz CT molecular complexity index is 548. The van der Waals surface area contributed by atoms with Crippen molar-refractivity contribution in [1.29, 1.82) is 0 Å². The van der Waals surface area contributed by atoms with E-state index in [0.29, 0.717) is 10.8 Å². The van der Waals surface area contributed by atoms with Crippen molar-refractivity contribution in [3.63, 3.8) is 0 Å². The number of nitrogens with zero attached hydrogens (tertiary/aromatic N) is 2. The van der Waals surface area contributed by atoms with E-state index in [1.165, 1.54) is 0 Å². The first kappa shape index (κ1) is 12.6. The first-order chi connectivity index (χ1) is 9.24. The highest BCUT2D eigenvalue weighted by Crippen LogP contribution is 2.27. The van der Waals surface area contributed by atoms with E-state index in [-0.39, 0.29) is 12.1 Å². The summed E-state index contributed by atoms with van der Waals surface area (Å²) in [6.45, 7) is 0.782. The number of rotatable bonds is 3. The Morgan fingerprint density at radius 1 is 1.37 bits per heavy atom. The van der Waals surface area contributed by atoms with Crippen LogP contribution >= 0.6 is 11.6 Å². The fourth-order valence-electron chi connectivity index (χ4n) is 2.18. The number of halogens is 1. The number of aromatic amines is 1. The molecule has 1 aromatic carbocycles. The van der Waals surface area contributed by atoms with Crippen LogP contribution in [-0.2, 0) is 4.74 Å². The maximum absolute atomic E-state index is 6.15. The molecule has 6 heteroatoms. The van der Waals surface area contributed by atoms with Gasteiger partial charge in [0.15, 0.2) is 11.6 Å². The summed E-state index contributed by atoms with van der Waals surface area (Å²) >= 11 is 5.86. The zero-order valence-electron chi connectivity index (χ0n) is 10.3. The van der Waals surface area contributed by atoms with Crippen molar-refractivity contribution in [2.45, 2.75) is 25.0 Å². The Balaban J connectivity index is 1.79. The minimum Gasteiger partial charge on any atom is -0.370 e. The van der Waals surface area contributed by atoms with Crippen LogP contribution in [0.3, 0.4) is 0 Å². The van der Waals surface area contributed by atoms with Gasteiger partial charge in [-0.15, -0.1) is 0 Å². The molecule has 2 atom stereocenters. The van der Waals surface area contributed by atoms with Crippen molar-refractivity contribution in [2.75, 3.05) is 6.61 Å². The van der Waals surface area contributed by atoms with Gasteiger partial charge in [-0.05, 0) is 30.5 Å². The van der Waals surface area contributed by atoms with Crippen LogP contribution in [0.15, 0.2) is 24.3 Å². The fraction of sp³-hybridized carbons (Fsp3) is 0.385. The van der Waals surface area contributed by atoms with Gasteiger partial charge in [0.1, 0.15) is 6.10 Å². The molecule has 2 unspecified atom stereocenters. The zero-order valence-corrected chi connectivity index (χ0v) is 11.1. The molecular weight excluding hydrogens is 264 g/mol. The minimum absolute atomic E-state index is 0.0265. The van der Waals surface area contributed by atoms with Crippen LogP contribution in [0.2, 0.25) is 5.02 Å². The predicted octanol–water partition coefficient (Wildman–Crippen LogP) is 2.36. The molecular formula is C13H15ClN4O. The molecule has 0 spiro atoms. The quantitative estimate of drug-likeness (QED) is 0.903. The number of hydrogen-bond donors (Lipinski definition) is 2. The van der Waals surface area contributed by atoms with Gasteiger partial charge in [0.05, 0.1) is 6.04 Å². The molecule has 1 saturated heterocycles. The summed E-state index contributed by atoms with van der Waals surface area (Å²) in [7, 11) is 0. The smallest absolute Gasteiger partial charge is 0.171 e. The van der Waals surface area contributed by atoms with E-state index < -0.39 is 0 Å². The lowest BCUT2D eigenvalue weighted by molar-refractivity contribution is 0.105. The van der Waals surface area contributed by atoms with Gasteiger partial charge in [-0.2, -0.15) is 5.10 Å². The first-order valence-electron chi connectivity index (χ1n) is 6.29. The zero-order chi connectivity index (χ0) is 13.2. The number of aromatic nitrogens is 3. The molecule has 19 heavy (non-hydrogen) atoms. The van der Waals surface area contributed by atoms with E-state index in [9.17, 15) is 0 Å². The summed E-state index contributed by atoms with van der Waals surface area (Å²) in [6, 6.07) is 7.03. The maximum atomic E-state index is 6.15. The minimum atomic E-state index is -0.358. The van der Waals surface area contributed by atoms with Crippen LogP contribution in [0.25, 0.3) is 0 Å². The maximum Gasteiger partial charge on any atom is 0.171 e. The third-order valence-corrected chi connectivity index (χ3v) is 3.51. The Hall–Kier alpha value is -1.43. The van der Waals surface area contributed by atoms with E-state index in [1.807, 2.05) is 24.3 Å². The van der Waals surface area contributed by atoms with Crippen LogP contribution in [0, 0.1) is 0 Å². The van der Waals surface area contributed by atoms with E-state index in [4.69, 9.17) is 22.1 Å². The Labute approximate surface area is 116 Å². The molecule has 100 valence electrons. The van der Waals surface area contributed by atoms with Crippen molar-refractivity contribution in [1.82, 2.24) is 15.2 Å². The van der Waals surface area contributed by atoms with Gasteiger partial charge in [0.25, 0.3) is 0 Å². The molecule has 1 aliphatic heterocycles. The second-order valence-corrected chi connectivity index (χ2v) is 5.05. The van der Waals surface area contributed by atoms with Gasteiger partial charge in [-0.3, -0.25) is 5.10 Å². The Morgan fingerprint density at radius 2 is 2.16 bits per heavy atom. The van der Waals surface area contributed by atoms with Crippen LogP contribution in [-0.4, -0.2) is 21.8 Å². The van der Waals surface area contributed by atoms with E-state index in [1.54, 1.807) is 0 Å².